The van der Waals surface area contributed by atoms with Crippen molar-refractivity contribution in [2.75, 3.05) is 0 Å². The minimum absolute atomic E-state index is 0.928. The Morgan fingerprint density at radius 3 is 1.85 bits per heavy atom. The monoisotopic (exact) mass is 174 g/mol. The number of hydrogen-bond donors (Lipinski definition) is 0. The van der Waals surface area contributed by atoms with Gasteiger partial charge in [0, 0.05) is 0 Å². The fourth-order valence-corrected chi connectivity index (χ4v) is 3.28. The highest BCUT2D eigenvalue weighted by Crippen LogP contribution is 2.43. The van der Waals surface area contributed by atoms with Gasteiger partial charge in [0.2, 0.25) is 0 Å². The maximum absolute atomic E-state index is 2.62. The van der Waals surface area contributed by atoms with Crippen LogP contribution in [-0.4, -0.2) is 0 Å². The molecule has 2 saturated carbocycles. The molecule has 0 nitrogen and oxygen atoms in total. The van der Waals surface area contributed by atoms with Crippen LogP contribution in [0, 0.1) is 11.8 Å². The topological polar surface area (TPSA) is 0 Å². The molecule has 0 aromatic heterocycles. The first-order valence-electron chi connectivity index (χ1n) is 5.85. The molecule has 0 N–H and O–H groups in total. The Morgan fingerprint density at radius 2 is 1.31 bits per heavy atom. The van der Waals surface area contributed by atoms with E-state index in [1.165, 1.54) is 44.9 Å². The van der Waals surface area contributed by atoms with Gasteiger partial charge in [-0.15, -0.1) is 0 Å². The van der Waals surface area contributed by atoms with Crippen LogP contribution in [0.25, 0.3) is 0 Å². The van der Waals surface area contributed by atoms with Crippen LogP contribution in [-0.2, 0) is 0 Å². The van der Waals surface area contributed by atoms with Gasteiger partial charge in [0.1, 0.15) is 0 Å². The lowest BCUT2D eigenvalue weighted by molar-refractivity contribution is 0.523. The Bertz CT molecular complexity index is 242. The molecule has 70 valence electrons. The van der Waals surface area contributed by atoms with E-state index in [2.05, 4.69) is 12.2 Å². The van der Waals surface area contributed by atoms with Crippen molar-refractivity contribution in [3.63, 3.8) is 0 Å². The molecule has 2 atom stereocenters. The Morgan fingerprint density at radius 1 is 0.769 bits per heavy atom. The molecule has 0 heteroatoms. The van der Waals surface area contributed by atoms with Crippen LogP contribution < -0.4 is 0 Å². The van der Waals surface area contributed by atoms with Crippen LogP contribution in [0.4, 0.5) is 0 Å². The van der Waals surface area contributed by atoms with Crippen LogP contribution in [0.2, 0.25) is 0 Å². The third kappa shape index (κ3) is 1.27. The molecular weight excluding hydrogens is 156 g/mol. The van der Waals surface area contributed by atoms with Crippen molar-refractivity contribution in [1.29, 1.82) is 0 Å². The maximum atomic E-state index is 2.62. The highest BCUT2D eigenvalue weighted by molar-refractivity contribution is 5.37. The Kier molecular flexibility index (Phi) is 1.81. The zero-order valence-electron chi connectivity index (χ0n) is 8.26. The molecule has 2 fully saturated rings. The van der Waals surface area contributed by atoms with Gasteiger partial charge in [-0.3, -0.25) is 0 Å². The molecule has 13 heavy (non-hydrogen) atoms. The second-order valence-electron chi connectivity index (χ2n) is 4.85. The van der Waals surface area contributed by atoms with Crippen LogP contribution in [0.15, 0.2) is 23.3 Å². The average molecular weight is 174 g/mol. The average Bonchev–Trinajstić information content (AvgIpc) is 2.61. The smallest absolute Gasteiger partial charge is 0.0164 e. The number of hydrogen-bond acceptors (Lipinski definition) is 0. The fourth-order valence-electron chi connectivity index (χ4n) is 3.28. The third-order valence-corrected chi connectivity index (χ3v) is 4.01. The minimum atomic E-state index is 0.928. The fraction of sp³-hybridized carbons (Fsp3) is 0.692. The quantitative estimate of drug-likeness (QED) is 0.523. The summed E-state index contributed by atoms with van der Waals surface area (Å²) in [5.41, 5.74) is 3.43. The first-order chi connectivity index (χ1) is 6.43. The second-order valence-corrected chi connectivity index (χ2v) is 4.85. The molecule has 3 aliphatic carbocycles. The lowest BCUT2D eigenvalue weighted by Gasteiger charge is -2.27. The highest BCUT2D eigenvalue weighted by Gasteiger charge is 2.29. The van der Waals surface area contributed by atoms with Crippen molar-refractivity contribution in [2.24, 2.45) is 11.8 Å². The molecule has 0 bridgehead atoms. The summed E-state index contributed by atoms with van der Waals surface area (Å²) in [6.45, 7) is 0. The predicted octanol–water partition coefficient (Wildman–Crippen LogP) is 3.84. The first-order valence-corrected chi connectivity index (χ1v) is 5.85. The Hall–Kier alpha value is -0.520. The third-order valence-electron chi connectivity index (χ3n) is 4.01. The van der Waals surface area contributed by atoms with Crippen molar-refractivity contribution in [3.05, 3.63) is 23.3 Å². The van der Waals surface area contributed by atoms with E-state index in [1.807, 2.05) is 0 Å². The zero-order valence-corrected chi connectivity index (χ0v) is 8.26. The van der Waals surface area contributed by atoms with Gasteiger partial charge in [0.15, 0.2) is 0 Å². The van der Waals surface area contributed by atoms with Crippen LogP contribution in [0.5, 0.6) is 0 Å². The molecule has 3 rings (SSSR count). The van der Waals surface area contributed by atoms with Crippen LogP contribution in [0.1, 0.15) is 44.9 Å². The van der Waals surface area contributed by atoms with Gasteiger partial charge in [0.05, 0.1) is 0 Å². The molecule has 0 aliphatic heterocycles. The molecule has 0 aromatic rings. The molecule has 0 spiro atoms. The SMILES string of the molecule is C1=C2CCCCC2=C[C@H]2CCC[C@@H]12. The summed E-state index contributed by atoms with van der Waals surface area (Å²) >= 11 is 0. The van der Waals surface area contributed by atoms with Crippen LogP contribution >= 0.6 is 0 Å². The molecule has 3 aliphatic rings. The normalized spacial score (nSPS) is 37.5. The van der Waals surface area contributed by atoms with E-state index in [9.17, 15) is 0 Å². The van der Waals surface area contributed by atoms with Crippen molar-refractivity contribution < 1.29 is 0 Å². The summed E-state index contributed by atoms with van der Waals surface area (Å²) in [4.78, 5) is 0. The van der Waals surface area contributed by atoms with Crippen molar-refractivity contribution >= 4 is 0 Å². The van der Waals surface area contributed by atoms with Gasteiger partial charge in [-0.05, 0) is 61.5 Å². The van der Waals surface area contributed by atoms with Gasteiger partial charge >= 0.3 is 0 Å². The summed E-state index contributed by atoms with van der Waals surface area (Å²) in [6, 6.07) is 0. The molecule has 0 amide bonds. The van der Waals surface area contributed by atoms with E-state index >= 15 is 0 Å². The molecule has 0 radical (unpaired) electrons. The Labute approximate surface area is 80.7 Å². The lowest BCUT2D eigenvalue weighted by Crippen LogP contribution is -2.12. The lowest BCUT2D eigenvalue weighted by atomic mass is 9.78. The first kappa shape index (κ1) is 7.84. The summed E-state index contributed by atoms with van der Waals surface area (Å²) in [5, 5.41) is 0. The van der Waals surface area contributed by atoms with Crippen LogP contribution in [0.3, 0.4) is 0 Å². The summed E-state index contributed by atoms with van der Waals surface area (Å²) in [6.07, 6.45) is 15.2. The van der Waals surface area contributed by atoms with Gasteiger partial charge in [0.25, 0.3) is 0 Å². The van der Waals surface area contributed by atoms with Gasteiger partial charge in [-0.25, -0.2) is 0 Å². The van der Waals surface area contributed by atoms with E-state index in [1.54, 1.807) is 11.1 Å². The molecule has 0 aromatic carbocycles. The predicted molar refractivity (Wildman–Crippen MR) is 55.5 cm³/mol. The number of fused-ring (bicyclic) bond motifs is 2. The number of allylic oxidation sites excluding steroid dienone is 4. The van der Waals surface area contributed by atoms with Crippen molar-refractivity contribution in [1.82, 2.24) is 0 Å². The largest absolute Gasteiger partial charge is 0.0773 e. The minimum Gasteiger partial charge on any atom is -0.0773 e. The van der Waals surface area contributed by atoms with E-state index in [0.29, 0.717) is 0 Å². The molecule has 0 heterocycles. The molecule has 0 saturated heterocycles. The van der Waals surface area contributed by atoms with E-state index in [-0.39, 0.29) is 0 Å². The summed E-state index contributed by atoms with van der Waals surface area (Å²) < 4.78 is 0. The standard InChI is InChI=1S/C13H18/c1-2-5-11-9-13-7-3-6-12(13)8-10(11)4-1/h8-9,12-13H,1-7H2/t12-,13+. The van der Waals surface area contributed by atoms with Gasteiger partial charge in [-0.2, -0.15) is 0 Å². The summed E-state index contributed by atoms with van der Waals surface area (Å²) in [5.74, 6) is 1.86. The van der Waals surface area contributed by atoms with Crippen molar-refractivity contribution in [3.8, 4) is 0 Å². The zero-order chi connectivity index (χ0) is 8.67. The maximum Gasteiger partial charge on any atom is -0.0164 e. The summed E-state index contributed by atoms with van der Waals surface area (Å²) in [7, 11) is 0. The second kappa shape index (κ2) is 3.01. The van der Waals surface area contributed by atoms with E-state index in [4.69, 9.17) is 0 Å². The van der Waals surface area contributed by atoms with E-state index in [0.717, 1.165) is 11.8 Å². The van der Waals surface area contributed by atoms with E-state index < -0.39 is 0 Å². The highest BCUT2D eigenvalue weighted by atomic mass is 14.3. The van der Waals surface area contributed by atoms with Gasteiger partial charge in [-0.1, -0.05) is 18.6 Å². The number of rotatable bonds is 0. The molecule has 0 unspecified atom stereocenters. The Balaban J connectivity index is 1.91. The van der Waals surface area contributed by atoms with Crippen molar-refractivity contribution in [2.45, 2.75) is 44.9 Å². The van der Waals surface area contributed by atoms with Gasteiger partial charge < -0.3 is 0 Å². The molecular formula is C13H18.